The lowest BCUT2D eigenvalue weighted by Crippen LogP contribution is -2.15. The molecule has 0 bridgehead atoms. The van der Waals surface area contributed by atoms with Crippen molar-refractivity contribution in [2.75, 3.05) is 0 Å². The van der Waals surface area contributed by atoms with Crippen molar-refractivity contribution >= 4 is 0 Å². The molecule has 1 heterocycles. The minimum atomic E-state index is -5.17. The van der Waals surface area contributed by atoms with Gasteiger partial charge < -0.3 is 0 Å². The molecule has 0 saturated heterocycles. The van der Waals surface area contributed by atoms with E-state index in [1.54, 1.807) is 0 Å². The van der Waals surface area contributed by atoms with Gasteiger partial charge in [-0.3, -0.25) is 4.98 Å². The van der Waals surface area contributed by atoms with Gasteiger partial charge in [-0.25, -0.2) is 13.2 Å². The van der Waals surface area contributed by atoms with E-state index in [0.717, 1.165) is 6.92 Å². The molecule has 0 aromatic carbocycles. The molecule has 0 spiro atoms. The Hall–Kier alpha value is -1.27. The molecule has 0 unspecified atom stereocenters. The van der Waals surface area contributed by atoms with E-state index in [1.165, 1.54) is 0 Å². The number of aryl methyl sites for hydroxylation is 1. The summed E-state index contributed by atoms with van der Waals surface area (Å²) in [4.78, 5) is 2.99. The van der Waals surface area contributed by atoms with Crippen LogP contribution in [0, 0.1) is 12.7 Å². The van der Waals surface area contributed by atoms with Crippen LogP contribution in [-0.2, 0) is 6.18 Å². The zero-order valence-corrected chi connectivity index (χ0v) is 7.37. The van der Waals surface area contributed by atoms with Crippen molar-refractivity contribution in [2.45, 2.75) is 19.5 Å². The predicted molar refractivity (Wildman–Crippen MR) is 38.9 cm³/mol. The van der Waals surface area contributed by atoms with Gasteiger partial charge in [-0.15, -0.1) is 0 Å². The van der Waals surface area contributed by atoms with Gasteiger partial charge >= 0.3 is 6.18 Å². The van der Waals surface area contributed by atoms with Gasteiger partial charge in [0.25, 0.3) is 6.43 Å². The number of hydrogen-bond donors (Lipinski definition) is 0. The second-order valence-electron chi connectivity index (χ2n) is 2.80. The SMILES string of the molecule is Cc1cc(F)c(C(F)(F)F)c(C(F)F)n1. The summed E-state index contributed by atoms with van der Waals surface area (Å²) in [7, 11) is 0. The standard InChI is InChI=1S/C8H5F6N/c1-3-2-4(9)5(8(12,13)14)6(15-3)7(10)11/h2,7H,1H3. The molecule has 0 N–H and O–H groups in total. The monoisotopic (exact) mass is 229 g/mol. The molecule has 1 aromatic heterocycles. The molecule has 0 saturated carbocycles. The van der Waals surface area contributed by atoms with Gasteiger partial charge in [0.05, 0.1) is 0 Å². The maximum Gasteiger partial charge on any atom is 0.421 e. The Bertz CT molecular complexity index is 370. The van der Waals surface area contributed by atoms with Crippen LogP contribution < -0.4 is 0 Å². The lowest BCUT2D eigenvalue weighted by Gasteiger charge is -2.12. The van der Waals surface area contributed by atoms with Crippen molar-refractivity contribution in [1.82, 2.24) is 4.98 Å². The molecule has 84 valence electrons. The smallest absolute Gasteiger partial charge is 0.251 e. The average Bonchev–Trinajstić information content (AvgIpc) is 1.99. The minimum Gasteiger partial charge on any atom is -0.251 e. The molecule has 0 amide bonds. The number of hydrogen-bond acceptors (Lipinski definition) is 1. The lowest BCUT2D eigenvalue weighted by atomic mass is 10.1. The molecule has 0 fully saturated rings. The summed E-state index contributed by atoms with van der Waals surface area (Å²) in [5.74, 6) is -1.73. The summed E-state index contributed by atoms with van der Waals surface area (Å²) >= 11 is 0. The predicted octanol–water partition coefficient (Wildman–Crippen LogP) is 3.49. The Morgan fingerprint density at radius 2 is 1.80 bits per heavy atom. The van der Waals surface area contributed by atoms with Crippen LogP contribution in [0.4, 0.5) is 26.3 Å². The van der Waals surface area contributed by atoms with Crippen molar-refractivity contribution in [2.24, 2.45) is 0 Å². The van der Waals surface area contributed by atoms with Crippen molar-refractivity contribution in [3.05, 3.63) is 28.8 Å². The number of alkyl halides is 5. The number of nitrogens with zero attached hydrogens (tertiary/aromatic N) is 1. The number of halogens is 6. The third kappa shape index (κ3) is 2.40. The quantitative estimate of drug-likeness (QED) is 0.671. The maximum absolute atomic E-state index is 12.9. The normalized spacial score (nSPS) is 12.3. The Balaban J connectivity index is 3.48. The number of pyridine rings is 1. The van der Waals surface area contributed by atoms with Gasteiger partial charge in [-0.2, -0.15) is 13.2 Å². The first kappa shape index (κ1) is 11.8. The molecule has 0 atom stereocenters. The molecule has 7 heteroatoms. The summed E-state index contributed by atoms with van der Waals surface area (Å²) < 4.78 is 73.8. The summed E-state index contributed by atoms with van der Waals surface area (Å²) in [6, 6.07) is 0.467. The Morgan fingerprint density at radius 3 is 2.20 bits per heavy atom. The molecule has 0 aliphatic rings. The first-order valence-corrected chi connectivity index (χ1v) is 3.76. The molecule has 0 radical (unpaired) electrons. The van der Waals surface area contributed by atoms with Gasteiger partial charge in [0.2, 0.25) is 0 Å². The molecule has 0 aliphatic heterocycles. The highest BCUT2D eigenvalue weighted by molar-refractivity contribution is 5.28. The molecular weight excluding hydrogens is 224 g/mol. The van der Waals surface area contributed by atoms with E-state index in [2.05, 4.69) is 4.98 Å². The third-order valence-electron chi connectivity index (χ3n) is 1.62. The van der Waals surface area contributed by atoms with Crippen molar-refractivity contribution in [1.29, 1.82) is 0 Å². The van der Waals surface area contributed by atoms with Gasteiger partial charge in [-0.1, -0.05) is 0 Å². The zero-order chi connectivity index (χ0) is 11.8. The van der Waals surface area contributed by atoms with Crippen LogP contribution in [0.25, 0.3) is 0 Å². The van der Waals surface area contributed by atoms with Crippen LogP contribution in [0.3, 0.4) is 0 Å². The first-order valence-electron chi connectivity index (χ1n) is 3.76. The highest BCUT2D eigenvalue weighted by Crippen LogP contribution is 2.37. The van der Waals surface area contributed by atoms with E-state index in [-0.39, 0.29) is 5.69 Å². The second kappa shape index (κ2) is 3.71. The highest BCUT2D eigenvalue weighted by Gasteiger charge is 2.40. The van der Waals surface area contributed by atoms with Crippen molar-refractivity contribution in [3.63, 3.8) is 0 Å². The summed E-state index contributed by atoms with van der Waals surface area (Å²) in [6.45, 7) is 1.13. The van der Waals surface area contributed by atoms with Gasteiger partial charge in [0.1, 0.15) is 17.1 Å². The maximum atomic E-state index is 12.9. The van der Waals surface area contributed by atoms with E-state index in [4.69, 9.17) is 0 Å². The molecule has 1 rings (SSSR count). The van der Waals surface area contributed by atoms with Crippen LogP contribution in [0.1, 0.15) is 23.4 Å². The third-order valence-corrected chi connectivity index (χ3v) is 1.62. The van der Waals surface area contributed by atoms with E-state index in [1.807, 2.05) is 0 Å². The summed E-state index contributed by atoms with van der Waals surface area (Å²) in [5.41, 5.74) is -3.79. The van der Waals surface area contributed by atoms with Crippen LogP contribution in [0.2, 0.25) is 0 Å². The Labute approximate surface area is 80.7 Å². The van der Waals surface area contributed by atoms with Gasteiger partial charge in [0.15, 0.2) is 0 Å². The largest absolute Gasteiger partial charge is 0.421 e. The van der Waals surface area contributed by atoms with E-state index in [0.29, 0.717) is 6.07 Å². The number of aromatic nitrogens is 1. The second-order valence-corrected chi connectivity index (χ2v) is 2.80. The number of rotatable bonds is 1. The average molecular weight is 229 g/mol. The van der Waals surface area contributed by atoms with Crippen LogP contribution in [0.15, 0.2) is 6.07 Å². The van der Waals surface area contributed by atoms with E-state index in [9.17, 15) is 26.3 Å². The van der Waals surface area contributed by atoms with Crippen LogP contribution in [-0.4, -0.2) is 4.98 Å². The molecule has 0 aliphatic carbocycles. The van der Waals surface area contributed by atoms with Gasteiger partial charge in [-0.05, 0) is 13.0 Å². The summed E-state index contributed by atoms with van der Waals surface area (Å²) in [5, 5.41) is 0. The topological polar surface area (TPSA) is 12.9 Å². The van der Waals surface area contributed by atoms with E-state index < -0.39 is 29.7 Å². The minimum absolute atomic E-state index is 0.226. The Kier molecular flexibility index (Phi) is 2.92. The first-order chi connectivity index (χ1) is 6.73. The highest BCUT2D eigenvalue weighted by atomic mass is 19.4. The fourth-order valence-electron chi connectivity index (χ4n) is 1.09. The van der Waals surface area contributed by atoms with Crippen LogP contribution >= 0.6 is 0 Å². The van der Waals surface area contributed by atoms with E-state index >= 15 is 0 Å². The van der Waals surface area contributed by atoms with Crippen LogP contribution in [0.5, 0.6) is 0 Å². The fraction of sp³-hybridized carbons (Fsp3) is 0.375. The van der Waals surface area contributed by atoms with Crippen molar-refractivity contribution in [3.8, 4) is 0 Å². The molecule has 15 heavy (non-hydrogen) atoms. The summed E-state index contributed by atoms with van der Waals surface area (Å²) in [6.07, 6.45) is -8.63. The van der Waals surface area contributed by atoms with Gasteiger partial charge in [0, 0.05) is 5.69 Å². The molecule has 1 aromatic rings. The lowest BCUT2D eigenvalue weighted by molar-refractivity contribution is -0.142. The molecule has 1 nitrogen and oxygen atoms in total. The Morgan fingerprint density at radius 1 is 1.27 bits per heavy atom. The van der Waals surface area contributed by atoms with Crippen molar-refractivity contribution < 1.29 is 26.3 Å². The molecular formula is C8H5F6N. The fourth-order valence-corrected chi connectivity index (χ4v) is 1.09. The zero-order valence-electron chi connectivity index (χ0n) is 7.37.